The van der Waals surface area contributed by atoms with Crippen LogP contribution < -0.4 is 5.32 Å². The Kier molecular flexibility index (Phi) is 3.83. The molecular formula is C17H19NO2. The van der Waals surface area contributed by atoms with Crippen LogP contribution in [0, 0.1) is 0 Å². The molecular weight excluding hydrogens is 250 g/mol. The molecule has 1 aliphatic heterocycles. The van der Waals surface area contributed by atoms with Gasteiger partial charge >= 0.3 is 0 Å². The van der Waals surface area contributed by atoms with E-state index in [1.807, 2.05) is 43.4 Å². The molecule has 0 spiro atoms. The van der Waals surface area contributed by atoms with Crippen molar-refractivity contribution in [2.75, 3.05) is 20.2 Å². The van der Waals surface area contributed by atoms with Crippen molar-refractivity contribution in [1.82, 2.24) is 5.32 Å². The first-order chi connectivity index (χ1) is 9.85. The van der Waals surface area contributed by atoms with Gasteiger partial charge in [0.2, 0.25) is 5.79 Å². The average molecular weight is 269 g/mol. The zero-order valence-electron chi connectivity index (χ0n) is 11.6. The maximum atomic E-state index is 6.28. The van der Waals surface area contributed by atoms with E-state index in [1.54, 1.807) is 0 Å². The number of benzene rings is 2. The molecule has 0 amide bonds. The predicted molar refractivity (Wildman–Crippen MR) is 78.4 cm³/mol. The number of ether oxygens (including phenoxy) is 2. The molecule has 1 saturated heterocycles. The van der Waals surface area contributed by atoms with Crippen molar-refractivity contribution < 1.29 is 9.47 Å². The molecule has 20 heavy (non-hydrogen) atoms. The molecule has 0 aromatic heterocycles. The number of rotatable bonds is 4. The van der Waals surface area contributed by atoms with E-state index >= 15 is 0 Å². The molecule has 1 atom stereocenters. The SMILES string of the molecule is CNC[C@H]1COC(c2ccccc2)(c2ccccc2)O1. The van der Waals surface area contributed by atoms with Gasteiger partial charge in [-0.2, -0.15) is 0 Å². The third-order valence-corrected chi connectivity index (χ3v) is 3.54. The van der Waals surface area contributed by atoms with Crippen LogP contribution in [0.3, 0.4) is 0 Å². The Morgan fingerprint density at radius 3 is 2.05 bits per heavy atom. The Balaban J connectivity index is 2.01. The van der Waals surface area contributed by atoms with Gasteiger partial charge in [0, 0.05) is 17.7 Å². The Hall–Kier alpha value is -1.68. The van der Waals surface area contributed by atoms with Crippen LogP contribution in [-0.4, -0.2) is 26.3 Å². The van der Waals surface area contributed by atoms with Crippen molar-refractivity contribution in [3.05, 3.63) is 71.8 Å². The fourth-order valence-electron chi connectivity index (χ4n) is 2.63. The van der Waals surface area contributed by atoms with Crippen LogP contribution in [0.4, 0.5) is 0 Å². The van der Waals surface area contributed by atoms with Crippen molar-refractivity contribution in [3.8, 4) is 0 Å². The number of hydrogen-bond donors (Lipinski definition) is 1. The molecule has 2 aromatic rings. The fourth-order valence-corrected chi connectivity index (χ4v) is 2.63. The van der Waals surface area contributed by atoms with Crippen LogP contribution in [-0.2, 0) is 15.3 Å². The highest BCUT2D eigenvalue weighted by atomic mass is 16.7. The average Bonchev–Trinajstić information content (AvgIpc) is 2.95. The van der Waals surface area contributed by atoms with E-state index in [0.717, 1.165) is 17.7 Å². The van der Waals surface area contributed by atoms with Crippen LogP contribution in [0.15, 0.2) is 60.7 Å². The van der Waals surface area contributed by atoms with Gasteiger partial charge in [0.05, 0.1) is 12.7 Å². The second kappa shape index (κ2) is 5.75. The molecule has 1 N–H and O–H groups in total. The molecule has 3 heteroatoms. The van der Waals surface area contributed by atoms with E-state index in [2.05, 4.69) is 29.6 Å². The van der Waals surface area contributed by atoms with Crippen LogP contribution in [0.5, 0.6) is 0 Å². The van der Waals surface area contributed by atoms with Crippen molar-refractivity contribution in [3.63, 3.8) is 0 Å². The minimum Gasteiger partial charge on any atom is -0.339 e. The topological polar surface area (TPSA) is 30.5 Å². The monoisotopic (exact) mass is 269 g/mol. The third kappa shape index (κ3) is 2.36. The van der Waals surface area contributed by atoms with Gasteiger partial charge in [-0.3, -0.25) is 0 Å². The standard InChI is InChI=1S/C17H19NO2/c1-18-12-16-13-19-17(20-16,14-8-4-2-5-9-14)15-10-6-3-7-11-15/h2-11,16,18H,12-13H2,1H3/t16-/m0/s1. The number of nitrogens with one attached hydrogen (secondary N) is 1. The van der Waals surface area contributed by atoms with Gasteiger partial charge in [0.1, 0.15) is 0 Å². The van der Waals surface area contributed by atoms with Gasteiger partial charge in [0.25, 0.3) is 0 Å². The summed E-state index contributed by atoms with van der Waals surface area (Å²) in [7, 11) is 1.92. The third-order valence-electron chi connectivity index (χ3n) is 3.54. The number of likely N-dealkylation sites (N-methyl/N-ethyl adjacent to an activating group) is 1. The van der Waals surface area contributed by atoms with Crippen molar-refractivity contribution in [2.45, 2.75) is 11.9 Å². The summed E-state index contributed by atoms with van der Waals surface area (Å²) in [5.41, 5.74) is 2.06. The fraction of sp³-hybridized carbons (Fsp3) is 0.294. The summed E-state index contributed by atoms with van der Waals surface area (Å²) < 4.78 is 12.4. The molecule has 1 aliphatic rings. The molecule has 0 bridgehead atoms. The van der Waals surface area contributed by atoms with Crippen LogP contribution >= 0.6 is 0 Å². The summed E-state index contributed by atoms with van der Waals surface area (Å²) in [4.78, 5) is 0. The molecule has 104 valence electrons. The summed E-state index contributed by atoms with van der Waals surface area (Å²) in [6.07, 6.45) is 0.0559. The molecule has 0 aliphatic carbocycles. The van der Waals surface area contributed by atoms with E-state index in [-0.39, 0.29) is 6.10 Å². The van der Waals surface area contributed by atoms with E-state index in [9.17, 15) is 0 Å². The summed E-state index contributed by atoms with van der Waals surface area (Å²) in [5, 5.41) is 3.15. The van der Waals surface area contributed by atoms with E-state index in [4.69, 9.17) is 9.47 Å². The van der Waals surface area contributed by atoms with Gasteiger partial charge in [-0.05, 0) is 7.05 Å². The van der Waals surface area contributed by atoms with Gasteiger partial charge in [-0.1, -0.05) is 60.7 Å². The zero-order chi connectivity index (χ0) is 13.8. The molecule has 1 fully saturated rings. The second-order valence-corrected chi connectivity index (χ2v) is 4.96. The second-order valence-electron chi connectivity index (χ2n) is 4.96. The molecule has 0 saturated carbocycles. The summed E-state index contributed by atoms with van der Waals surface area (Å²) in [6, 6.07) is 20.3. The van der Waals surface area contributed by atoms with Gasteiger partial charge in [-0.15, -0.1) is 0 Å². The van der Waals surface area contributed by atoms with Crippen LogP contribution in [0.1, 0.15) is 11.1 Å². The zero-order valence-corrected chi connectivity index (χ0v) is 11.6. The minimum atomic E-state index is -0.788. The van der Waals surface area contributed by atoms with E-state index in [0.29, 0.717) is 6.61 Å². The maximum Gasteiger partial charge on any atom is 0.222 e. The maximum absolute atomic E-state index is 6.28. The van der Waals surface area contributed by atoms with Crippen molar-refractivity contribution >= 4 is 0 Å². The molecule has 0 unspecified atom stereocenters. The van der Waals surface area contributed by atoms with Gasteiger partial charge in [0.15, 0.2) is 0 Å². The normalized spacial score (nSPS) is 20.9. The summed E-state index contributed by atoms with van der Waals surface area (Å²) in [5.74, 6) is -0.788. The highest BCUT2D eigenvalue weighted by molar-refractivity contribution is 5.34. The lowest BCUT2D eigenvalue weighted by Gasteiger charge is -2.29. The van der Waals surface area contributed by atoms with Crippen LogP contribution in [0.2, 0.25) is 0 Å². The lowest BCUT2D eigenvalue weighted by Crippen LogP contribution is -2.32. The smallest absolute Gasteiger partial charge is 0.222 e. The first-order valence-electron chi connectivity index (χ1n) is 6.92. The lowest BCUT2D eigenvalue weighted by atomic mass is 9.97. The van der Waals surface area contributed by atoms with Crippen molar-refractivity contribution in [1.29, 1.82) is 0 Å². The molecule has 0 radical (unpaired) electrons. The Bertz CT molecular complexity index is 502. The summed E-state index contributed by atoms with van der Waals surface area (Å²) >= 11 is 0. The molecule has 1 heterocycles. The predicted octanol–water partition coefficient (Wildman–Crippen LogP) is 2.52. The highest BCUT2D eigenvalue weighted by Crippen LogP contribution is 2.40. The van der Waals surface area contributed by atoms with Gasteiger partial charge < -0.3 is 14.8 Å². The Labute approximate surface area is 119 Å². The first kappa shape index (κ1) is 13.3. The summed E-state index contributed by atoms with van der Waals surface area (Å²) in [6.45, 7) is 1.37. The van der Waals surface area contributed by atoms with Gasteiger partial charge in [-0.25, -0.2) is 0 Å². The minimum absolute atomic E-state index is 0.0559. The Morgan fingerprint density at radius 1 is 1.00 bits per heavy atom. The molecule has 2 aromatic carbocycles. The van der Waals surface area contributed by atoms with E-state index in [1.165, 1.54) is 0 Å². The highest BCUT2D eigenvalue weighted by Gasteiger charge is 2.44. The lowest BCUT2D eigenvalue weighted by molar-refractivity contribution is -0.142. The quantitative estimate of drug-likeness (QED) is 0.925. The number of hydrogen-bond acceptors (Lipinski definition) is 3. The van der Waals surface area contributed by atoms with Crippen LogP contribution in [0.25, 0.3) is 0 Å². The van der Waals surface area contributed by atoms with Crippen molar-refractivity contribution in [2.24, 2.45) is 0 Å². The Morgan fingerprint density at radius 2 is 1.55 bits per heavy atom. The van der Waals surface area contributed by atoms with E-state index < -0.39 is 5.79 Å². The molecule has 3 nitrogen and oxygen atoms in total. The first-order valence-corrected chi connectivity index (χ1v) is 6.92. The largest absolute Gasteiger partial charge is 0.339 e. The molecule has 3 rings (SSSR count).